The molecule has 2 nitrogen and oxygen atoms in total. The molecule has 3 heteroatoms. The molecule has 0 amide bonds. The minimum atomic E-state index is 0.421. The van der Waals surface area contributed by atoms with Gasteiger partial charge >= 0.3 is 0 Å². The first kappa shape index (κ1) is 15.5. The van der Waals surface area contributed by atoms with Crippen molar-refractivity contribution >= 4 is 11.6 Å². The molecule has 2 aromatic carbocycles. The lowest BCUT2D eigenvalue weighted by atomic mass is 10.0. The molecule has 4 rings (SSSR count). The van der Waals surface area contributed by atoms with E-state index in [1.807, 2.05) is 12.1 Å². The zero-order chi connectivity index (χ0) is 16.7. The van der Waals surface area contributed by atoms with Crippen LogP contribution < -0.4 is 0 Å². The van der Waals surface area contributed by atoms with Gasteiger partial charge in [-0.05, 0) is 55.9 Å². The SMILES string of the molecule is [CH2]C1Cc2nn(-c3ccccc3CC)c(-c3ccc(Cl)cc3)c2C1. The first-order valence-corrected chi connectivity index (χ1v) is 8.83. The average Bonchev–Trinajstić information content (AvgIpc) is 3.11. The van der Waals surface area contributed by atoms with E-state index in [1.54, 1.807) is 0 Å². The van der Waals surface area contributed by atoms with Crippen LogP contribution in [-0.2, 0) is 19.3 Å². The number of benzene rings is 2. The maximum atomic E-state index is 6.09. The van der Waals surface area contributed by atoms with Crippen molar-refractivity contribution in [3.05, 3.63) is 77.3 Å². The molecule has 0 saturated carbocycles. The van der Waals surface area contributed by atoms with E-state index >= 15 is 0 Å². The number of fused-ring (bicyclic) bond motifs is 1. The van der Waals surface area contributed by atoms with Gasteiger partial charge < -0.3 is 0 Å². The van der Waals surface area contributed by atoms with Crippen molar-refractivity contribution in [2.75, 3.05) is 0 Å². The lowest BCUT2D eigenvalue weighted by Gasteiger charge is -2.14. The van der Waals surface area contributed by atoms with E-state index in [-0.39, 0.29) is 0 Å². The molecule has 24 heavy (non-hydrogen) atoms. The maximum Gasteiger partial charge on any atom is 0.0776 e. The second-order valence-corrected chi connectivity index (χ2v) is 6.89. The Morgan fingerprint density at radius 2 is 1.88 bits per heavy atom. The zero-order valence-electron chi connectivity index (χ0n) is 13.8. The molecule has 1 radical (unpaired) electrons. The van der Waals surface area contributed by atoms with Gasteiger partial charge in [-0.2, -0.15) is 5.10 Å². The van der Waals surface area contributed by atoms with Crippen LogP contribution in [0.2, 0.25) is 5.02 Å². The fraction of sp³-hybridized carbons (Fsp3) is 0.238. The van der Waals surface area contributed by atoms with Gasteiger partial charge in [-0.15, -0.1) is 0 Å². The third-order valence-corrected chi connectivity index (χ3v) is 5.01. The highest BCUT2D eigenvalue weighted by molar-refractivity contribution is 6.30. The Kier molecular flexibility index (Phi) is 3.93. The number of aryl methyl sites for hydroxylation is 1. The fourth-order valence-electron chi connectivity index (χ4n) is 3.60. The van der Waals surface area contributed by atoms with Crippen molar-refractivity contribution < 1.29 is 0 Å². The van der Waals surface area contributed by atoms with E-state index in [2.05, 4.69) is 54.9 Å². The largest absolute Gasteiger partial charge is 0.232 e. The summed E-state index contributed by atoms with van der Waals surface area (Å²) in [7, 11) is 0. The average molecular weight is 336 g/mol. The summed E-state index contributed by atoms with van der Waals surface area (Å²) in [6, 6.07) is 16.6. The molecule has 0 fully saturated rings. The Labute approximate surface area is 148 Å². The van der Waals surface area contributed by atoms with Gasteiger partial charge in [-0.1, -0.05) is 48.9 Å². The lowest BCUT2D eigenvalue weighted by molar-refractivity contribution is 0.673. The van der Waals surface area contributed by atoms with Crippen LogP contribution in [0.1, 0.15) is 23.7 Å². The molecule has 3 aromatic rings. The molecular weight excluding hydrogens is 316 g/mol. The van der Waals surface area contributed by atoms with Gasteiger partial charge in [0.15, 0.2) is 0 Å². The quantitative estimate of drug-likeness (QED) is 0.634. The fourth-order valence-corrected chi connectivity index (χ4v) is 3.73. The Balaban J connectivity index is 1.95. The summed E-state index contributed by atoms with van der Waals surface area (Å²) in [5, 5.41) is 5.72. The van der Waals surface area contributed by atoms with E-state index in [0.717, 1.165) is 29.8 Å². The predicted octanol–water partition coefficient (Wildman–Crippen LogP) is 5.30. The molecule has 1 unspecified atom stereocenters. The molecule has 0 N–H and O–H groups in total. The van der Waals surface area contributed by atoms with Crippen LogP contribution in [0.5, 0.6) is 0 Å². The van der Waals surface area contributed by atoms with Crippen LogP contribution in [-0.4, -0.2) is 9.78 Å². The monoisotopic (exact) mass is 335 g/mol. The van der Waals surface area contributed by atoms with Crippen LogP contribution in [0, 0.1) is 12.8 Å². The van der Waals surface area contributed by atoms with Gasteiger partial charge in [-0.3, -0.25) is 0 Å². The van der Waals surface area contributed by atoms with Crippen molar-refractivity contribution in [3.8, 4) is 16.9 Å². The number of para-hydroxylation sites is 1. The summed E-state index contributed by atoms with van der Waals surface area (Å²) >= 11 is 6.09. The molecule has 0 bridgehead atoms. The van der Waals surface area contributed by atoms with Gasteiger partial charge in [-0.25, -0.2) is 4.68 Å². The van der Waals surface area contributed by atoms with Crippen LogP contribution in [0.4, 0.5) is 0 Å². The van der Waals surface area contributed by atoms with Crippen LogP contribution in [0.15, 0.2) is 48.5 Å². The van der Waals surface area contributed by atoms with Crippen LogP contribution >= 0.6 is 11.6 Å². The predicted molar refractivity (Wildman–Crippen MR) is 99.6 cm³/mol. The highest BCUT2D eigenvalue weighted by Gasteiger charge is 2.28. The Morgan fingerprint density at radius 3 is 2.62 bits per heavy atom. The molecule has 1 aliphatic carbocycles. The zero-order valence-corrected chi connectivity index (χ0v) is 14.6. The molecule has 0 aliphatic heterocycles. The highest BCUT2D eigenvalue weighted by atomic mass is 35.5. The molecule has 1 heterocycles. The number of hydrogen-bond donors (Lipinski definition) is 0. The van der Waals surface area contributed by atoms with Crippen molar-refractivity contribution in [2.24, 2.45) is 5.92 Å². The standard InChI is InChI=1S/C21H20ClN2/c1-3-15-6-4-5-7-20(15)24-21(16-8-10-17(22)11-9-16)18-12-14(2)13-19(18)23-24/h4-11,14H,2-3,12-13H2,1H3. The second-order valence-electron chi connectivity index (χ2n) is 6.45. The number of halogens is 1. The summed E-state index contributed by atoms with van der Waals surface area (Å²) in [5.74, 6) is 0.421. The molecule has 0 saturated heterocycles. The smallest absolute Gasteiger partial charge is 0.0776 e. The van der Waals surface area contributed by atoms with E-state index in [1.165, 1.54) is 28.2 Å². The molecular formula is C21H20ClN2. The number of nitrogens with zero attached hydrogens (tertiary/aromatic N) is 2. The van der Waals surface area contributed by atoms with Gasteiger partial charge in [0.25, 0.3) is 0 Å². The summed E-state index contributed by atoms with van der Waals surface area (Å²) in [6.45, 7) is 6.42. The molecule has 1 aromatic heterocycles. The molecule has 1 atom stereocenters. The minimum Gasteiger partial charge on any atom is -0.232 e. The maximum absolute atomic E-state index is 6.09. The van der Waals surface area contributed by atoms with Gasteiger partial charge in [0.05, 0.1) is 17.1 Å². The van der Waals surface area contributed by atoms with Gasteiger partial charge in [0.2, 0.25) is 0 Å². The highest BCUT2D eigenvalue weighted by Crippen LogP contribution is 2.37. The van der Waals surface area contributed by atoms with Crippen molar-refractivity contribution in [3.63, 3.8) is 0 Å². The van der Waals surface area contributed by atoms with Crippen LogP contribution in [0.25, 0.3) is 16.9 Å². The van der Waals surface area contributed by atoms with E-state index in [9.17, 15) is 0 Å². The third kappa shape index (κ3) is 2.55. The Bertz CT molecular complexity index is 877. The summed E-state index contributed by atoms with van der Waals surface area (Å²) in [5.41, 5.74) is 7.34. The molecule has 0 spiro atoms. The normalized spacial score (nSPS) is 16.4. The van der Waals surface area contributed by atoms with Gasteiger partial charge in [0.1, 0.15) is 0 Å². The van der Waals surface area contributed by atoms with E-state index < -0.39 is 0 Å². The summed E-state index contributed by atoms with van der Waals surface area (Å²) in [4.78, 5) is 0. The lowest BCUT2D eigenvalue weighted by Crippen LogP contribution is -2.06. The Morgan fingerprint density at radius 1 is 1.12 bits per heavy atom. The van der Waals surface area contributed by atoms with Crippen LogP contribution in [0.3, 0.4) is 0 Å². The van der Waals surface area contributed by atoms with Crippen molar-refractivity contribution in [1.29, 1.82) is 0 Å². The Hall–Kier alpha value is -2.06. The number of aromatic nitrogens is 2. The molecule has 1 aliphatic rings. The second kappa shape index (κ2) is 6.10. The first-order chi connectivity index (χ1) is 11.7. The minimum absolute atomic E-state index is 0.421. The van der Waals surface area contributed by atoms with E-state index in [0.29, 0.717) is 5.92 Å². The number of rotatable bonds is 3. The topological polar surface area (TPSA) is 17.8 Å². The first-order valence-electron chi connectivity index (χ1n) is 8.45. The van der Waals surface area contributed by atoms with E-state index in [4.69, 9.17) is 16.7 Å². The summed E-state index contributed by atoms with van der Waals surface area (Å²) < 4.78 is 2.12. The molecule has 121 valence electrons. The van der Waals surface area contributed by atoms with Crippen molar-refractivity contribution in [2.45, 2.75) is 26.2 Å². The van der Waals surface area contributed by atoms with Crippen molar-refractivity contribution in [1.82, 2.24) is 9.78 Å². The van der Waals surface area contributed by atoms with Gasteiger partial charge in [0, 0.05) is 16.1 Å². The third-order valence-electron chi connectivity index (χ3n) is 4.76. The number of hydrogen-bond acceptors (Lipinski definition) is 1. The summed E-state index contributed by atoms with van der Waals surface area (Å²) in [6.07, 6.45) is 2.93.